The number of carbonyl (C=O) groups is 1. The topological polar surface area (TPSA) is 88.2 Å². The van der Waals surface area contributed by atoms with Gasteiger partial charge in [0.2, 0.25) is 5.91 Å². The predicted octanol–water partition coefficient (Wildman–Crippen LogP) is 2.33. The Hall–Kier alpha value is -2.82. The van der Waals surface area contributed by atoms with E-state index in [2.05, 4.69) is 10.3 Å². The van der Waals surface area contributed by atoms with Crippen LogP contribution in [0.5, 0.6) is 5.75 Å². The van der Waals surface area contributed by atoms with Gasteiger partial charge in [-0.05, 0) is 42.8 Å². The summed E-state index contributed by atoms with van der Waals surface area (Å²) in [5.74, 6) is -0.297. The lowest BCUT2D eigenvalue weighted by molar-refractivity contribution is -0.111. The van der Waals surface area contributed by atoms with Crippen LogP contribution in [0.2, 0.25) is 0 Å². The highest BCUT2D eigenvalue weighted by molar-refractivity contribution is 6.02. The van der Waals surface area contributed by atoms with E-state index in [1.807, 2.05) is 6.07 Å². The minimum absolute atomic E-state index is 0.0682. The molecule has 0 aliphatic heterocycles. The molecule has 0 unspecified atom stereocenters. The van der Waals surface area contributed by atoms with Gasteiger partial charge in [0.15, 0.2) is 11.6 Å². The zero-order valence-electron chi connectivity index (χ0n) is 11.0. The van der Waals surface area contributed by atoms with Gasteiger partial charge in [-0.3, -0.25) is 4.79 Å². The number of pyridine rings is 1. The molecule has 102 valence electrons. The highest BCUT2D eigenvalue weighted by Crippen LogP contribution is 2.20. The Morgan fingerprint density at radius 1 is 1.35 bits per heavy atom. The van der Waals surface area contributed by atoms with Crippen LogP contribution < -0.4 is 11.1 Å². The van der Waals surface area contributed by atoms with Gasteiger partial charge in [-0.15, -0.1) is 0 Å². The van der Waals surface area contributed by atoms with Gasteiger partial charge in [0, 0.05) is 17.5 Å². The van der Waals surface area contributed by atoms with Crippen molar-refractivity contribution in [2.45, 2.75) is 6.92 Å². The number of nitrogens with one attached hydrogen (secondary N) is 1. The summed E-state index contributed by atoms with van der Waals surface area (Å²) in [5.41, 5.74) is 7.80. The fourth-order valence-electron chi connectivity index (χ4n) is 1.63. The zero-order chi connectivity index (χ0) is 14.5. The van der Waals surface area contributed by atoms with E-state index in [4.69, 9.17) is 5.73 Å². The van der Waals surface area contributed by atoms with Crippen molar-refractivity contribution in [3.63, 3.8) is 0 Å². The number of anilines is 2. The lowest BCUT2D eigenvalue weighted by Crippen LogP contribution is -2.09. The maximum absolute atomic E-state index is 11.8. The summed E-state index contributed by atoms with van der Waals surface area (Å²) >= 11 is 0. The average Bonchev–Trinajstić information content (AvgIpc) is 2.41. The minimum atomic E-state index is -0.374. The van der Waals surface area contributed by atoms with E-state index in [1.165, 1.54) is 12.1 Å². The fourth-order valence-corrected chi connectivity index (χ4v) is 1.63. The summed E-state index contributed by atoms with van der Waals surface area (Å²) in [6.45, 7) is 1.78. The number of benzene rings is 1. The third kappa shape index (κ3) is 3.58. The van der Waals surface area contributed by atoms with E-state index in [1.54, 1.807) is 37.3 Å². The monoisotopic (exact) mass is 269 g/mol. The molecule has 0 spiro atoms. The number of nitrogens with zero attached hydrogens (tertiary/aromatic N) is 1. The Labute approximate surface area is 116 Å². The summed E-state index contributed by atoms with van der Waals surface area (Å²) in [6, 6.07) is 10.3. The van der Waals surface area contributed by atoms with Crippen molar-refractivity contribution in [2.24, 2.45) is 0 Å². The quantitative estimate of drug-likeness (QED) is 0.589. The van der Waals surface area contributed by atoms with Crippen molar-refractivity contribution in [3.05, 3.63) is 53.7 Å². The van der Waals surface area contributed by atoms with Gasteiger partial charge >= 0.3 is 0 Å². The number of aromatic nitrogens is 1. The van der Waals surface area contributed by atoms with Gasteiger partial charge in [0.05, 0.1) is 0 Å². The number of nitrogen functional groups attached to an aromatic ring is 1. The lowest BCUT2D eigenvalue weighted by Gasteiger charge is -2.04. The molecule has 0 atom stereocenters. The smallest absolute Gasteiger partial charge is 0.249 e. The Morgan fingerprint density at radius 3 is 2.90 bits per heavy atom. The molecule has 0 fully saturated rings. The standard InChI is InChI=1S/C15H15N3O2/c1-10-5-7-13(19)15(17-10)18-14(20)8-6-11-3-2-4-12(16)9-11/h2-9,19H,16H2,1H3,(H,17,18,20)/b8-6+. The number of rotatable bonds is 3. The average molecular weight is 269 g/mol. The third-order valence-electron chi connectivity index (χ3n) is 2.59. The van der Waals surface area contributed by atoms with E-state index >= 15 is 0 Å². The molecule has 0 saturated carbocycles. The number of hydrogen-bond acceptors (Lipinski definition) is 4. The van der Waals surface area contributed by atoms with Crippen molar-refractivity contribution in [2.75, 3.05) is 11.1 Å². The summed E-state index contributed by atoms with van der Waals surface area (Å²) in [7, 11) is 0. The molecule has 0 radical (unpaired) electrons. The number of carbonyl (C=O) groups excluding carboxylic acids is 1. The number of amides is 1. The molecule has 5 nitrogen and oxygen atoms in total. The van der Waals surface area contributed by atoms with Crippen LogP contribution in [0.3, 0.4) is 0 Å². The van der Waals surface area contributed by atoms with Crippen molar-refractivity contribution in [3.8, 4) is 5.75 Å². The van der Waals surface area contributed by atoms with Crippen LogP contribution in [-0.2, 0) is 4.79 Å². The van der Waals surface area contributed by atoms with E-state index in [-0.39, 0.29) is 17.5 Å². The molecule has 1 aromatic carbocycles. The van der Waals surface area contributed by atoms with Gasteiger partial charge < -0.3 is 16.2 Å². The highest BCUT2D eigenvalue weighted by Gasteiger charge is 2.05. The van der Waals surface area contributed by atoms with Gasteiger partial charge in [-0.2, -0.15) is 0 Å². The Balaban J connectivity index is 2.07. The van der Waals surface area contributed by atoms with Gasteiger partial charge in [-0.25, -0.2) is 4.98 Å². The van der Waals surface area contributed by atoms with Crippen LogP contribution in [0.15, 0.2) is 42.5 Å². The fraction of sp³-hybridized carbons (Fsp3) is 0.0667. The minimum Gasteiger partial charge on any atom is -0.504 e. The van der Waals surface area contributed by atoms with Crippen molar-refractivity contribution in [1.82, 2.24) is 4.98 Å². The molecule has 0 aliphatic rings. The molecule has 0 aliphatic carbocycles. The number of hydrogen-bond donors (Lipinski definition) is 3. The predicted molar refractivity (Wildman–Crippen MR) is 79.2 cm³/mol. The second-order valence-corrected chi connectivity index (χ2v) is 4.31. The molecule has 0 saturated heterocycles. The Kier molecular flexibility index (Phi) is 4.00. The van der Waals surface area contributed by atoms with Crippen LogP contribution in [0.4, 0.5) is 11.5 Å². The van der Waals surface area contributed by atoms with Crippen LogP contribution in [0.1, 0.15) is 11.3 Å². The summed E-state index contributed by atoms with van der Waals surface area (Å²) in [6.07, 6.45) is 3.00. The van der Waals surface area contributed by atoms with Crippen molar-refractivity contribution >= 4 is 23.5 Å². The molecule has 1 aromatic heterocycles. The summed E-state index contributed by atoms with van der Waals surface area (Å²) < 4.78 is 0. The SMILES string of the molecule is Cc1ccc(O)c(NC(=O)/C=C/c2cccc(N)c2)n1. The van der Waals surface area contributed by atoms with Crippen LogP contribution in [-0.4, -0.2) is 16.0 Å². The maximum atomic E-state index is 11.8. The second kappa shape index (κ2) is 5.88. The summed E-state index contributed by atoms with van der Waals surface area (Å²) in [5, 5.41) is 12.1. The molecule has 20 heavy (non-hydrogen) atoms. The van der Waals surface area contributed by atoms with E-state index < -0.39 is 0 Å². The normalized spacial score (nSPS) is 10.7. The number of nitrogens with two attached hydrogens (primary N) is 1. The molecule has 5 heteroatoms. The Morgan fingerprint density at radius 2 is 2.15 bits per heavy atom. The highest BCUT2D eigenvalue weighted by atomic mass is 16.3. The largest absolute Gasteiger partial charge is 0.504 e. The van der Waals surface area contributed by atoms with Crippen molar-refractivity contribution < 1.29 is 9.90 Å². The molecule has 4 N–H and O–H groups in total. The maximum Gasteiger partial charge on any atom is 0.249 e. The number of aromatic hydroxyl groups is 1. The summed E-state index contributed by atoms with van der Waals surface area (Å²) in [4.78, 5) is 15.8. The van der Waals surface area contributed by atoms with Crippen molar-refractivity contribution in [1.29, 1.82) is 0 Å². The number of aryl methyl sites for hydroxylation is 1. The van der Waals surface area contributed by atoms with Crippen LogP contribution in [0.25, 0.3) is 6.08 Å². The van der Waals surface area contributed by atoms with Crippen LogP contribution in [0, 0.1) is 6.92 Å². The molecule has 1 amide bonds. The van der Waals surface area contributed by atoms with E-state index in [0.29, 0.717) is 11.4 Å². The zero-order valence-corrected chi connectivity index (χ0v) is 11.0. The lowest BCUT2D eigenvalue weighted by atomic mass is 10.2. The molecular formula is C15H15N3O2. The van der Waals surface area contributed by atoms with E-state index in [9.17, 15) is 9.90 Å². The van der Waals surface area contributed by atoms with E-state index in [0.717, 1.165) is 5.56 Å². The first-order valence-corrected chi connectivity index (χ1v) is 6.06. The third-order valence-corrected chi connectivity index (χ3v) is 2.59. The second-order valence-electron chi connectivity index (χ2n) is 4.31. The first kappa shape index (κ1) is 13.6. The first-order valence-electron chi connectivity index (χ1n) is 6.06. The molecular weight excluding hydrogens is 254 g/mol. The van der Waals surface area contributed by atoms with Gasteiger partial charge in [0.1, 0.15) is 0 Å². The molecule has 2 rings (SSSR count). The van der Waals surface area contributed by atoms with Crippen LogP contribution >= 0.6 is 0 Å². The molecule has 0 bridgehead atoms. The first-order chi connectivity index (χ1) is 9.54. The molecule has 2 aromatic rings. The molecule has 1 heterocycles. The van der Waals surface area contributed by atoms with Gasteiger partial charge in [-0.1, -0.05) is 12.1 Å². The Bertz CT molecular complexity index is 666. The van der Waals surface area contributed by atoms with Gasteiger partial charge in [0.25, 0.3) is 0 Å².